The summed E-state index contributed by atoms with van der Waals surface area (Å²) in [5.74, 6) is 0.794. The Hall–Kier alpha value is -1.59. The van der Waals surface area contributed by atoms with Crippen molar-refractivity contribution in [1.82, 2.24) is 4.90 Å². The van der Waals surface area contributed by atoms with E-state index >= 15 is 0 Å². The van der Waals surface area contributed by atoms with Crippen LogP contribution >= 0.6 is 0 Å². The van der Waals surface area contributed by atoms with Crippen LogP contribution < -0.4 is 0 Å². The van der Waals surface area contributed by atoms with Gasteiger partial charge in [0, 0.05) is 0 Å². The van der Waals surface area contributed by atoms with Crippen LogP contribution in [0, 0.1) is 17.2 Å². The first-order valence-corrected chi connectivity index (χ1v) is 8.35. The molecule has 1 saturated heterocycles. The molecule has 0 saturated carbocycles. The average molecular weight is 298 g/mol. The van der Waals surface area contributed by atoms with Gasteiger partial charge in [-0.3, -0.25) is 0 Å². The highest BCUT2D eigenvalue weighted by atomic mass is 15.1. The number of rotatable bonds is 5. The second-order valence-electron chi connectivity index (χ2n) is 6.44. The zero-order valence-electron chi connectivity index (χ0n) is 14.2. The first kappa shape index (κ1) is 18.5. The van der Waals surface area contributed by atoms with E-state index in [0.29, 0.717) is 0 Å². The number of hydrogen-bond donors (Lipinski definition) is 0. The molecule has 0 spiro atoms. The van der Waals surface area contributed by atoms with Crippen LogP contribution in [0.15, 0.2) is 43.5 Å². The summed E-state index contributed by atoms with van der Waals surface area (Å²) in [6, 6.07) is 12.9. The van der Waals surface area contributed by atoms with Crippen molar-refractivity contribution in [1.29, 1.82) is 5.26 Å². The Labute approximate surface area is 136 Å². The Bertz CT molecular complexity index is 450. The van der Waals surface area contributed by atoms with E-state index in [1.54, 1.807) is 0 Å². The van der Waals surface area contributed by atoms with Crippen molar-refractivity contribution in [2.45, 2.75) is 44.9 Å². The molecule has 2 heteroatoms. The molecule has 1 aliphatic heterocycles. The highest BCUT2D eigenvalue weighted by molar-refractivity contribution is 5.33. The summed E-state index contributed by atoms with van der Waals surface area (Å²) < 4.78 is 0. The minimum Gasteiger partial charge on any atom is -0.303 e. The van der Waals surface area contributed by atoms with Crippen molar-refractivity contribution in [3.05, 3.63) is 49.1 Å². The maximum atomic E-state index is 9.66. The van der Waals surface area contributed by atoms with E-state index in [2.05, 4.69) is 50.1 Å². The van der Waals surface area contributed by atoms with Crippen LogP contribution in [-0.2, 0) is 5.41 Å². The normalized spacial score (nSPS) is 17.4. The third-order valence-electron chi connectivity index (χ3n) is 4.51. The molecule has 1 aromatic rings. The highest BCUT2D eigenvalue weighted by Crippen LogP contribution is 2.34. The largest absolute Gasteiger partial charge is 0.303 e. The Kier molecular flexibility index (Phi) is 7.91. The molecule has 0 amide bonds. The lowest BCUT2D eigenvalue weighted by molar-refractivity contribution is 0.181. The van der Waals surface area contributed by atoms with Crippen molar-refractivity contribution in [2.24, 2.45) is 5.92 Å². The van der Waals surface area contributed by atoms with Crippen LogP contribution in [-0.4, -0.2) is 24.5 Å². The maximum Gasteiger partial charge on any atom is 0.0846 e. The Morgan fingerprint density at radius 1 is 1.18 bits per heavy atom. The molecular weight excluding hydrogens is 268 g/mol. The standard InChI is InChI=1S/C18H26N2.C2H4/c1-16(2)7-6-12-20-13-10-18(15-19,11-14-20)17-8-4-3-5-9-17;1-2/h3-5,8-9,16H,6-7,10-14H2,1-2H3;1-2H2. The number of likely N-dealkylation sites (tertiary alicyclic amines) is 1. The predicted octanol–water partition coefficient (Wildman–Crippen LogP) is 4.78. The fourth-order valence-electron chi connectivity index (χ4n) is 3.10. The van der Waals surface area contributed by atoms with E-state index in [1.807, 2.05) is 18.2 Å². The van der Waals surface area contributed by atoms with E-state index in [1.165, 1.54) is 24.9 Å². The Morgan fingerprint density at radius 3 is 2.27 bits per heavy atom. The quantitative estimate of drug-likeness (QED) is 0.731. The molecule has 0 bridgehead atoms. The van der Waals surface area contributed by atoms with Gasteiger partial charge < -0.3 is 4.90 Å². The van der Waals surface area contributed by atoms with Crippen molar-refractivity contribution in [3.63, 3.8) is 0 Å². The molecule has 1 aromatic carbocycles. The van der Waals surface area contributed by atoms with Gasteiger partial charge in [-0.25, -0.2) is 0 Å². The summed E-state index contributed by atoms with van der Waals surface area (Å²) in [5.41, 5.74) is 0.944. The summed E-state index contributed by atoms with van der Waals surface area (Å²) in [4.78, 5) is 2.53. The molecule has 120 valence electrons. The van der Waals surface area contributed by atoms with Gasteiger partial charge in [-0.15, -0.1) is 13.2 Å². The molecule has 0 radical (unpaired) electrons. The molecule has 1 aliphatic rings. The van der Waals surface area contributed by atoms with Gasteiger partial charge in [-0.05, 0) is 56.8 Å². The monoisotopic (exact) mass is 298 g/mol. The first-order chi connectivity index (χ1) is 10.7. The number of piperidine rings is 1. The van der Waals surface area contributed by atoms with Crippen LogP contribution in [0.4, 0.5) is 0 Å². The van der Waals surface area contributed by atoms with Gasteiger partial charge in [0.05, 0.1) is 11.5 Å². The maximum absolute atomic E-state index is 9.66. The SMILES string of the molecule is C=C.CC(C)CCCN1CCC(C#N)(c2ccccc2)CC1. The van der Waals surface area contributed by atoms with Crippen LogP contribution in [0.5, 0.6) is 0 Å². The van der Waals surface area contributed by atoms with Crippen molar-refractivity contribution in [2.75, 3.05) is 19.6 Å². The zero-order chi connectivity index (χ0) is 16.4. The molecule has 0 aliphatic carbocycles. The summed E-state index contributed by atoms with van der Waals surface area (Å²) in [7, 11) is 0. The summed E-state index contributed by atoms with van der Waals surface area (Å²) >= 11 is 0. The molecule has 1 heterocycles. The van der Waals surface area contributed by atoms with Gasteiger partial charge >= 0.3 is 0 Å². The Balaban J connectivity index is 0.00000116. The van der Waals surface area contributed by atoms with Gasteiger partial charge in [0.2, 0.25) is 0 Å². The van der Waals surface area contributed by atoms with Crippen LogP contribution in [0.25, 0.3) is 0 Å². The van der Waals surface area contributed by atoms with Gasteiger partial charge in [0.1, 0.15) is 0 Å². The number of benzene rings is 1. The highest BCUT2D eigenvalue weighted by Gasteiger charge is 2.36. The van der Waals surface area contributed by atoms with Crippen molar-refractivity contribution in [3.8, 4) is 6.07 Å². The molecule has 2 rings (SSSR count). The smallest absolute Gasteiger partial charge is 0.0846 e. The molecule has 2 nitrogen and oxygen atoms in total. The lowest BCUT2D eigenvalue weighted by Gasteiger charge is -2.37. The second kappa shape index (κ2) is 9.43. The van der Waals surface area contributed by atoms with Gasteiger partial charge in [-0.1, -0.05) is 44.2 Å². The van der Waals surface area contributed by atoms with Gasteiger partial charge in [-0.2, -0.15) is 5.26 Å². The minimum atomic E-state index is -0.254. The van der Waals surface area contributed by atoms with Gasteiger partial charge in [0.25, 0.3) is 0 Å². The third-order valence-corrected chi connectivity index (χ3v) is 4.51. The molecular formula is C20H30N2. The fourth-order valence-corrected chi connectivity index (χ4v) is 3.10. The number of hydrogen-bond acceptors (Lipinski definition) is 2. The van der Waals surface area contributed by atoms with E-state index in [0.717, 1.165) is 31.8 Å². The fraction of sp³-hybridized carbons (Fsp3) is 0.550. The summed E-state index contributed by atoms with van der Waals surface area (Å²) in [5, 5.41) is 9.66. The molecule has 0 unspecified atom stereocenters. The van der Waals surface area contributed by atoms with E-state index in [9.17, 15) is 5.26 Å². The molecule has 0 aromatic heterocycles. The average Bonchev–Trinajstić information content (AvgIpc) is 2.58. The lowest BCUT2D eigenvalue weighted by atomic mass is 9.74. The summed E-state index contributed by atoms with van der Waals surface area (Å²) in [6.45, 7) is 13.9. The van der Waals surface area contributed by atoms with E-state index in [-0.39, 0.29) is 5.41 Å². The summed E-state index contributed by atoms with van der Waals surface area (Å²) in [6.07, 6.45) is 4.52. The topological polar surface area (TPSA) is 27.0 Å². The zero-order valence-corrected chi connectivity index (χ0v) is 14.2. The minimum absolute atomic E-state index is 0.254. The van der Waals surface area contributed by atoms with E-state index in [4.69, 9.17) is 0 Å². The van der Waals surface area contributed by atoms with E-state index < -0.39 is 0 Å². The van der Waals surface area contributed by atoms with Crippen LogP contribution in [0.3, 0.4) is 0 Å². The third kappa shape index (κ3) is 5.00. The van der Waals surface area contributed by atoms with Crippen LogP contribution in [0.2, 0.25) is 0 Å². The van der Waals surface area contributed by atoms with Crippen molar-refractivity contribution >= 4 is 0 Å². The van der Waals surface area contributed by atoms with Crippen molar-refractivity contribution < 1.29 is 0 Å². The Morgan fingerprint density at radius 2 is 1.77 bits per heavy atom. The molecule has 22 heavy (non-hydrogen) atoms. The number of nitrogens with zero attached hydrogens (tertiary/aromatic N) is 2. The second-order valence-corrected chi connectivity index (χ2v) is 6.44. The van der Waals surface area contributed by atoms with Crippen LogP contribution in [0.1, 0.15) is 45.1 Å². The molecule has 0 N–H and O–H groups in total. The lowest BCUT2D eigenvalue weighted by Crippen LogP contribution is -2.42. The first-order valence-electron chi connectivity index (χ1n) is 8.35. The predicted molar refractivity (Wildman–Crippen MR) is 94.7 cm³/mol. The molecule has 0 atom stereocenters. The van der Waals surface area contributed by atoms with Gasteiger partial charge in [0.15, 0.2) is 0 Å². The number of nitriles is 1. The molecule has 1 fully saturated rings.